The third-order valence-electron chi connectivity index (χ3n) is 7.28. The Morgan fingerprint density at radius 2 is 1.93 bits per heavy atom. The Labute approximate surface area is 231 Å². The Kier molecular flexibility index (Phi) is 7.19. The summed E-state index contributed by atoms with van der Waals surface area (Å²) in [6, 6.07) is 15.2. The normalized spacial score (nSPS) is 16.7. The lowest BCUT2D eigenvalue weighted by Gasteiger charge is -2.36. The van der Waals surface area contributed by atoms with Crippen molar-refractivity contribution in [1.29, 1.82) is 0 Å². The summed E-state index contributed by atoms with van der Waals surface area (Å²) in [6.07, 6.45) is 7.80. The molecule has 0 atom stereocenters. The fraction of sp³-hybridized carbons (Fsp3) is 0.300. The Morgan fingerprint density at radius 3 is 2.65 bits per heavy atom. The van der Waals surface area contributed by atoms with Gasteiger partial charge in [0.15, 0.2) is 23.2 Å². The molecule has 0 unspecified atom stereocenters. The number of imidazole rings is 1. The lowest BCUT2D eigenvalue weighted by molar-refractivity contribution is -0.00944. The summed E-state index contributed by atoms with van der Waals surface area (Å²) in [7, 11) is 3.36. The van der Waals surface area contributed by atoms with Gasteiger partial charge in [-0.25, -0.2) is 18.9 Å². The SMILES string of the molecule is COc1cccc(-c2cn3nc(-c4nccn4C)nc(NC4CC(OCCCO)C4)c3c2-c2ccccc2)c1F. The Morgan fingerprint density at radius 1 is 1.10 bits per heavy atom. The van der Waals surface area contributed by atoms with Crippen LogP contribution in [-0.2, 0) is 11.8 Å². The largest absolute Gasteiger partial charge is 0.494 e. The van der Waals surface area contributed by atoms with Gasteiger partial charge in [0.25, 0.3) is 0 Å². The number of aliphatic hydroxyl groups is 1. The van der Waals surface area contributed by atoms with Crippen LogP contribution in [0.5, 0.6) is 5.75 Å². The highest BCUT2D eigenvalue weighted by Crippen LogP contribution is 2.42. The third-order valence-corrected chi connectivity index (χ3v) is 7.28. The van der Waals surface area contributed by atoms with Crippen LogP contribution in [0.25, 0.3) is 39.4 Å². The molecule has 3 heterocycles. The van der Waals surface area contributed by atoms with Gasteiger partial charge in [0, 0.05) is 61.6 Å². The Balaban J connectivity index is 1.51. The van der Waals surface area contributed by atoms with E-state index in [0.29, 0.717) is 41.6 Å². The van der Waals surface area contributed by atoms with Crippen LogP contribution in [0.2, 0.25) is 0 Å². The van der Waals surface area contributed by atoms with Gasteiger partial charge in [-0.3, -0.25) is 0 Å². The van der Waals surface area contributed by atoms with Gasteiger partial charge in [0.1, 0.15) is 5.52 Å². The number of aryl methyl sites for hydroxylation is 1. The number of aliphatic hydroxyl groups excluding tert-OH is 1. The zero-order chi connectivity index (χ0) is 27.6. The van der Waals surface area contributed by atoms with Crippen molar-refractivity contribution < 1.29 is 19.0 Å². The number of methoxy groups -OCH3 is 1. The van der Waals surface area contributed by atoms with Gasteiger partial charge >= 0.3 is 0 Å². The number of hydrogen-bond acceptors (Lipinski definition) is 7. The highest BCUT2D eigenvalue weighted by Gasteiger charge is 2.32. The molecule has 0 saturated heterocycles. The highest BCUT2D eigenvalue weighted by atomic mass is 19.1. The molecule has 0 amide bonds. The monoisotopic (exact) mass is 542 g/mol. The molecule has 6 rings (SSSR count). The fourth-order valence-corrected chi connectivity index (χ4v) is 5.16. The Bertz CT molecular complexity index is 1630. The van der Waals surface area contributed by atoms with Gasteiger partial charge in [-0.2, -0.15) is 0 Å². The van der Waals surface area contributed by atoms with E-state index in [9.17, 15) is 0 Å². The van der Waals surface area contributed by atoms with Crippen LogP contribution >= 0.6 is 0 Å². The van der Waals surface area contributed by atoms with Crippen molar-refractivity contribution in [3.8, 4) is 39.7 Å². The number of aromatic nitrogens is 5. The van der Waals surface area contributed by atoms with Gasteiger partial charge in [-0.1, -0.05) is 42.5 Å². The van der Waals surface area contributed by atoms with Crippen molar-refractivity contribution >= 4 is 11.3 Å². The number of halogens is 1. The smallest absolute Gasteiger partial charge is 0.218 e. The highest BCUT2D eigenvalue weighted by molar-refractivity contribution is 5.99. The van der Waals surface area contributed by atoms with Crippen LogP contribution in [0.1, 0.15) is 19.3 Å². The second kappa shape index (κ2) is 11.1. The summed E-state index contributed by atoms with van der Waals surface area (Å²) in [5, 5.41) is 17.5. The topological polar surface area (TPSA) is 98.7 Å². The van der Waals surface area contributed by atoms with E-state index in [1.165, 1.54) is 7.11 Å². The van der Waals surface area contributed by atoms with Gasteiger partial charge in [-0.15, -0.1) is 5.10 Å². The predicted molar refractivity (Wildman–Crippen MR) is 151 cm³/mol. The van der Waals surface area contributed by atoms with Crippen LogP contribution in [-0.4, -0.2) is 61.7 Å². The maximum absolute atomic E-state index is 15.7. The van der Waals surface area contributed by atoms with Gasteiger partial charge in [-0.05, 0) is 30.9 Å². The van der Waals surface area contributed by atoms with E-state index in [1.54, 1.807) is 28.9 Å². The molecule has 0 spiro atoms. The van der Waals surface area contributed by atoms with Crippen molar-refractivity contribution in [2.45, 2.75) is 31.4 Å². The predicted octanol–water partition coefficient (Wildman–Crippen LogP) is 4.95. The molecule has 1 aliphatic carbocycles. The van der Waals surface area contributed by atoms with Gasteiger partial charge in [0.2, 0.25) is 5.82 Å². The molecule has 0 bridgehead atoms. The molecule has 0 aliphatic heterocycles. The zero-order valence-electron chi connectivity index (χ0n) is 22.4. The first-order chi connectivity index (χ1) is 19.6. The summed E-state index contributed by atoms with van der Waals surface area (Å²) in [4.78, 5) is 9.42. The van der Waals surface area contributed by atoms with E-state index in [4.69, 9.17) is 24.7 Å². The first-order valence-corrected chi connectivity index (χ1v) is 13.4. The molecule has 1 aliphatic rings. The molecule has 206 valence electrons. The average Bonchev–Trinajstić information content (AvgIpc) is 3.55. The van der Waals surface area contributed by atoms with E-state index < -0.39 is 5.82 Å². The minimum atomic E-state index is -0.438. The summed E-state index contributed by atoms with van der Waals surface area (Å²) in [5.74, 6) is 1.44. The quantitative estimate of drug-likeness (QED) is 0.241. The number of ether oxygens (including phenoxy) is 2. The maximum Gasteiger partial charge on any atom is 0.218 e. The van der Waals surface area contributed by atoms with Crippen LogP contribution in [0.4, 0.5) is 10.2 Å². The molecule has 9 nitrogen and oxygen atoms in total. The van der Waals surface area contributed by atoms with Crippen molar-refractivity contribution in [1.82, 2.24) is 24.1 Å². The summed E-state index contributed by atoms with van der Waals surface area (Å²) < 4.78 is 30.4. The molecule has 3 aromatic heterocycles. The fourth-order valence-electron chi connectivity index (χ4n) is 5.16. The molecular weight excluding hydrogens is 511 g/mol. The number of fused-ring (bicyclic) bond motifs is 1. The number of nitrogens with zero attached hydrogens (tertiary/aromatic N) is 5. The standard InChI is InChI=1S/C30H31FN6O3/c1-36-13-12-32-30(36)29-34-28(33-20-16-21(17-20)40-15-7-14-38)27-25(19-8-4-3-5-9-19)23(18-37(27)35-29)22-10-6-11-24(39-2)26(22)31/h3-6,8-13,18,20-21,38H,7,14-17H2,1-2H3,(H,33,34,35). The van der Waals surface area contributed by atoms with Gasteiger partial charge < -0.3 is 24.5 Å². The first-order valence-electron chi connectivity index (χ1n) is 13.4. The van der Waals surface area contributed by atoms with Crippen molar-refractivity contribution in [3.63, 3.8) is 0 Å². The van der Waals surface area contributed by atoms with Gasteiger partial charge in [0.05, 0.1) is 13.2 Å². The van der Waals surface area contributed by atoms with E-state index in [2.05, 4.69) is 10.3 Å². The van der Waals surface area contributed by atoms with Crippen molar-refractivity contribution in [2.24, 2.45) is 7.05 Å². The van der Waals surface area contributed by atoms with Crippen LogP contribution in [0, 0.1) is 5.82 Å². The molecule has 5 aromatic rings. The molecule has 2 aromatic carbocycles. The summed E-state index contributed by atoms with van der Waals surface area (Å²) in [5.41, 5.74) is 3.56. The molecule has 40 heavy (non-hydrogen) atoms. The summed E-state index contributed by atoms with van der Waals surface area (Å²) >= 11 is 0. The van der Waals surface area contributed by atoms with Crippen LogP contribution in [0.15, 0.2) is 67.1 Å². The molecular formula is C30H31FN6O3. The van der Waals surface area contributed by atoms with E-state index in [-0.39, 0.29) is 24.5 Å². The van der Waals surface area contributed by atoms with E-state index in [0.717, 1.165) is 29.5 Å². The van der Waals surface area contributed by atoms with Crippen LogP contribution in [0.3, 0.4) is 0 Å². The third kappa shape index (κ3) is 4.80. The molecule has 1 fully saturated rings. The van der Waals surface area contributed by atoms with Crippen molar-refractivity contribution in [3.05, 3.63) is 72.9 Å². The van der Waals surface area contributed by atoms with Crippen LogP contribution < -0.4 is 10.1 Å². The zero-order valence-corrected chi connectivity index (χ0v) is 22.4. The maximum atomic E-state index is 15.7. The first kappa shape index (κ1) is 26.0. The van der Waals surface area contributed by atoms with E-state index in [1.807, 2.05) is 54.3 Å². The number of hydrogen-bond donors (Lipinski definition) is 2. The Hall–Kier alpha value is -4.28. The number of anilines is 1. The number of nitrogens with one attached hydrogen (secondary N) is 1. The average molecular weight is 543 g/mol. The summed E-state index contributed by atoms with van der Waals surface area (Å²) in [6.45, 7) is 0.664. The molecule has 1 saturated carbocycles. The lowest BCUT2D eigenvalue weighted by atomic mass is 9.89. The molecule has 10 heteroatoms. The second-order valence-corrected chi connectivity index (χ2v) is 9.93. The molecule has 0 radical (unpaired) electrons. The minimum absolute atomic E-state index is 0.121. The minimum Gasteiger partial charge on any atom is -0.494 e. The molecule has 2 N–H and O–H groups in total. The number of rotatable bonds is 10. The number of benzene rings is 2. The van der Waals surface area contributed by atoms with Crippen molar-refractivity contribution in [2.75, 3.05) is 25.6 Å². The second-order valence-electron chi connectivity index (χ2n) is 9.93. The lowest BCUT2D eigenvalue weighted by Crippen LogP contribution is -2.41. The van der Waals surface area contributed by atoms with E-state index >= 15 is 4.39 Å².